The molecule has 10 heteroatoms. The summed E-state index contributed by atoms with van der Waals surface area (Å²) in [6.45, 7) is 6.04. The number of aromatic amines is 1. The molecule has 0 amide bonds. The van der Waals surface area contributed by atoms with Gasteiger partial charge >= 0.3 is 6.18 Å². The second-order valence-electron chi connectivity index (χ2n) is 10.9. The van der Waals surface area contributed by atoms with E-state index < -0.39 is 21.8 Å². The molecule has 3 heterocycles. The number of H-pyrrole nitrogens is 1. The molecular weight excluding hydrogens is 491 g/mol. The number of benzene rings is 1. The predicted molar refractivity (Wildman–Crippen MR) is 133 cm³/mol. The Morgan fingerprint density at radius 3 is 2.72 bits per heavy atom. The van der Waals surface area contributed by atoms with E-state index in [9.17, 15) is 21.6 Å². The summed E-state index contributed by atoms with van der Waals surface area (Å²) in [7, 11) is -3.69. The van der Waals surface area contributed by atoms with Crippen LogP contribution in [0.25, 0.3) is 10.9 Å². The van der Waals surface area contributed by atoms with E-state index in [0.717, 1.165) is 80.0 Å². The number of rotatable bonds is 5. The molecule has 6 nitrogen and oxygen atoms in total. The molecule has 198 valence electrons. The summed E-state index contributed by atoms with van der Waals surface area (Å²) in [5, 5.41) is 7.04. The number of ether oxygens (including phenoxy) is 1. The number of likely N-dealkylation sites (tertiary alicyclic amines) is 1. The average Bonchev–Trinajstić information content (AvgIpc) is 3.19. The fourth-order valence-electron chi connectivity index (χ4n) is 6.62. The van der Waals surface area contributed by atoms with Crippen molar-refractivity contribution in [3.8, 4) is 0 Å². The van der Waals surface area contributed by atoms with Gasteiger partial charge in [0, 0.05) is 41.8 Å². The summed E-state index contributed by atoms with van der Waals surface area (Å²) in [5.74, 6) is 1.02. The predicted octanol–water partition coefficient (Wildman–Crippen LogP) is 4.77. The quantitative estimate of drug-likeness (QED) is 0.589. The molecule has 3 N–H and O–H groups in total. The van der Waals surface area contributed by atoms with Crippen molar-refractivity contribution in [3.05, 3.63) is 46.5 Å². The first-order chi connectivity index (χ1) is 16.9. The van der Waals surface area contributed by atoms with Crippen LogP contribution in [0.1, 0.15) is 55.3 Å². The van der Waals surface area contributed by atoms with Crippen LogP contribution < -0.4 is 5.14 Å². The monoisotopic (exact) mass is 525 g/mol. The van der Waals surface area contributed by atoms with Crippen molar-refractivity contribution in [1.82, 2.24) is 9.88 Å². The summed E-state index contributed by atoms with van der Waals surface area (Å²) < 4.78 is 68.8. The SMILES string of the molecule is C[C@H]1c2c([nH]c3ccc(C(F)(F)F)cc23)C[C@H]2CCN(CCC3(/C=C/S(N)(=O)=O)CCOCC3)C[C@@H]21. The van der Waals surface area contributed by atoms with Gasteiger partial charge in [-0.15, -0.1) is 0 Å². The van der Waals surface area contributed by atoms with Gasteiger partial charge in [-0.3, -0.25) is 0 Å². The molecular formula is C26H34F3N3O3S. The number of nitrogens with zero attached hydrogens (tertiary/aromatic N) is 1. The fraction of sp³-hybridized carbons (Fsp3) is 0.615. The molecule has 1 aromatic carbocycles. The summed E-state index contributed by atoms with van der Waals surface area (Å²) in [5.41, 5.74) is 2.04. The molecule has 0 unspecified atom stereocenters. The Morgan fingerprint density at radius 2 is 2.03 bits per heavy atom. The van der Waals surface area contributed by atoms with Gasteiger partial charge in [0.2, 0.25) is 10.0 Å². The zero-order chi connectivity index (χ0) is 25.7. The summed E-state index contributed by atoms with van der Waals surface area (Å²) in [4.78, 5) is 5.85. The Hall–Kier alpha value is -1.88. The van der Waals surface area contributed by atoms with Crippen LogP contribution in [0, 0.1) is 17.3 Å². The van der Waals surface area contributed by atoms with Crippen LogP contribution >= 0.6 is 0 Å². The van der Waals surface area contributed by atoms with Crippen LogP contribution in [0.15, 0.2) is 29.7 Å². The Kier molecular flexibility index (Phi) is 6.76. The van der Waals surface area contributed by atoms with E-state index in [0.29, 0.717) is 30.4 Å². The molecule has 3 aliphatic rings. The molecule has 0 saturated carbocycles. The van der Waals surface area contributed by atoms with Crippen molar-refractivity contribution in [3.63, 3.8) is 0 Å². The van der Waals surface area contributed by atoms with Crippen LogP contribution in [-0.2, 0) is 27.4 Å². The van der Waals surface area contributed by atoms with Gasteiger partial charge in [0.15, 0.2) is 0 Å². The van der Waals surface area contributed by atoms with E-state index in [1.165, 1.54) is 6.07 Å². The van der Waals surface area contributed by atoms with Crippen molar-refractivity contribution in [2.75, 3.05) is 32.8 Å². The number of halogens is 3. The molecule has 0 bridgehead atoms. The van der Waals surface area contributed by atoms with E-state index in [1.54, 1.807) is 12.1 Å². The summed E-state index contributed by atoms with van der Waals surface area (Å²) >= 11 is 0. The van der Waals surface area contributed by atoms with Gasteiger partial charge in [-0.25, -0.2) is 13.6 Å². The molecule has 3 atom stereocenters. The van der Waals surface area contributed by atoms with Crippen LogP contribution in [0.2, 0.25) is 0 Å². The number of sulfonamides is 1. The van der Waals surface area contributed by atoms with Gasteiger partial charge in [-0.2, -0.15) is 13.2 Å². The van der Waals surface area contributed by atoms with Gasteiger partial charge in [0.25, 0.3) is 0 Å². The molecule has 2 aromatic rings. The Labute approximate surface area is 210 Å². The third kappa shape index (κ3) is 5.23. The number of fused-ring (bicyclic) bond motifs is 4. The lowest BCUT2D eigenvalue weighted by Gasteiger charge is -2.45. The van der Waals surface area contributed by atoms with Crippen LogP contribution in [0.4, 0.5) is 13.2 Å². The zero-order valence-corrected chi connectivity index (χ0v) is 21.3. The highest BCUT2D eigenvalue weighted by Crippen LogP contribution is 2.47. The summed E-state index contributed by atoms with van der Waals surface area (Å²) in [6.07, 6.45) is 1.65. The van der Waals surface area contributed by atoms with E-state index in [-0.39, 0.29) is 11.3 Å². The zero-order valence-electron chi connectivity index (χ0n) is 20.5. The lowest BCUT2D eigenvalue weighted by Crippen LogP contribution is -2.46. The second kappa shape index (κ2) is 9.45. The molecule has 2 aliphatic heterocycles. The highest BCUT2D eigenvalue weighted by atomic mass is 32.2. The minimum Gasteiger partial charge on any atom is -0.381 e. The largest absolute Gasteiger partial charge is 0.416 e. The third-order valence-corrected chi connectivity index (χ3v) is 9.24. The van der Waals surface area contributed by atoms with Crippen molar-refractivity contribution >= 4 is 20.9 Å². The number of aromatic nitrogens is 1. The van der Waals surface area contributed by atoms with E-state index in [4.69, 9.17) is 9.88 Å². The number of nitrogens with two attached hydrogens (primary N) is 1. The van der Waals surface area contributed by atoms with Crippen molar-refractivity contribution < 1.29 is 26.3 Å². The Bertz CT molecular complexity index is 1250. The number of nitrogens with one attached hydrogen (secondary N) is 1. The molecule has 0 spiro atoms. The minimum absolute atomic E-state index is 0.151. The lowest BCUT2D eigenvalue weighted by molar-refractivity contribution is -0.137. The standard InChI is InChI=1S/C26H34F3N3O3S/c1-17-21-16-32(10-5-25(6-11-35-12-7-25)8-13-36(30,33)34)9-4-18(21)14-23-24(17)20-15-19(26(27,28)29)2-3-22(20)31-23/h2-3,8,13,15,17-18,21,31H,4-7,9-12,14,16H2,1H3,(H2,30,33,34)/b13-8+/t17-,18-,21-/m1/s1. The average molecular weight is 526 g/mol. The number of allylic oxidation sites excluding steroid dienone is 1. The summed E-state index contributed by atoms with van der Waals surface area (Å²) in [6, 6.07) is 4.01. The van der Waals surface area contributed by atoms with Crippen molar-refractivity contribution in [1.29, 1.82) is 0 Å². The van der Waals surface area contributed by atoms with Crippen LogP contribution in [-0.4, -0.2) is 51.1 Å². The van der Waals surface area contributed by atoms with Crippen molar-refractivity contribution in [2.45, 2.75) is 51.1 Å². The highest BCUT2D eigenvalue weighted by Gasteiger charge is 2.41. The minimum atomic E-state index is -4.36. The van der Waals surface area contributed by atoms with Crippen LogP contribution in [0.5, 0.6) is 0 Å². The second-order valence-corrected chi connectivity index (χ2v) is 12.3. The maximum absolute atomic E-state index is 13.4. The van der Waals surface area contributed by atoms with E-state index in [2.05, 4.69) is 16.8 Å². The third-order valence-electron chi connectivity index (χ3n) is 8.73. The first kappa shape index (κ1) is 25.8. The molecule has 2 fully saturated rings. The fourth-order valence-corrected chi connectivity index (χ4v) is 7.10. The van der Waals surface area contributed by atoms with Gasteiger partial charge in [0.1, 0.15) is 0 Å². The first-order valence-corrected chi connectivity index (χ1v) is 14.3. The van der Waals surface area contributed by atoms with Crippen LogP contribution in [0.3, 0.4) is 0 Å². The maximum atomic E-state index is 13.4. The molecule has 0 radical (unpaired) electrons. The first-order valence-electron chi connectivity index (χ1n) is 12.7. The highest BCUT2D eigenvalue weighted by molar-refractivity contribution is 7.92. The lowest BCUT2D eigenvalue weighted by atomic mass is 9.68. The maximum Gasteiger partial charge on any atom is 0.416 e. The topological polar surface area (TPSA) is 88.4 Å². The van der Waals surface area contributed by atoms with E-state index in [1.807, 2.05) is 0 Å². The number of alkyl halides is 3. The molecule has 1 aliphatic carbocycles. The van der Waals surface area contributed by atoms with Crippen molar-refractivity contribution in [2.24, 2.45) is 22.4 Å². The van der Waals surface area contributed by atoms with Gasteiger partial charge < -0.3 is 14.6 Å². The molecule has 1 aromatic heterocycles. The molecule has 5 rings (SSSR count). The normalized spacial score (nSPS) is 27.3. The number of primary sulfonamides is 1. The van der Waals surface area contributed by atoms with Gasteiger partial charge in [0.05, 0.1) is 5.56 Å². The molecule has 2 saturated heterocycles. The Balaban J connectivity index is 1.33. The Morgan fingerprint density at radius 1 is 1.28 bits per heavy atom. The number of hydrogen-bond acceptors (Lipinski definition) is 4. The smallest absolute Gasteiger partial charge is 0.381 e. The molecule has 36 heavy (non-hydrogen) atoms. The van der Waals surface area contributed by atoms with Gasteiger partial charge in [-0.1, -0.05) is 13.0 Å². The number of piperidine rings is 1. The van der Waals surface area contributed by atoms with E-state index >= 15 is 0 Å². The number of hydrogen-bond donors (Lipinski definition) is 2. The van der Waals surface area contributed by atoms with Gasteiger partial charge in [-0.05, 0) is 92.1 Å².